The summed E-state index contributed by atoms with van der Waals surface area (Å²) in [5.74, 6) is -2.35. The number of carbonyl (C=O) groups excluding carboxylic acids is 1. The number of amides is 1. The SMILES string of the molecule is O=C(NC1(C(=O)O)CC1)c1ncc2c(=O)n(Cc3ccccc3)ccc2c1O. The summed E-state index contributed by atoms with van der Waals surface area (Å²) in [5, 5.41) is 22.4. The molecule has 1 amide bonds. The van der Waals surface area contributed by atoms with Gasteiger partial charge in [0.05, 0.1) is 11.9 Å². The molecule has 0 bridgehead atoms. The molecule has 3 N–H and O–H groups in total. The normalized spacial score (nSPS) is 14.6. The van der Waals surface area contributed by atoms with Crippen molar-refractivity contribution in [3.63, 3.8) is 0 Å². The second-order valence-corrected chi connectivity index (χ2v) is 6.86. The van der Waals surface area contributed by atoms with Gasteiger partial charge in [-0.15, -0.1) is 0 Å². The zero-order valence-corrected chi connectivity index (χ0v) is 14.8. The average Bonchev–Trinajstić information content (AvgIpc) is 3.46. The van der Waals surface area contributed by atoms with Crippen molar-refractivity contribution in [3.05, 3.63) is 70.4 Å². The number of rotatable bonds is 5. The summed E-state index contributed by atoms with van der Waals surface area (Å²) in [6.45, 7) is 0.361. The molecule has 28 heavy (non-hydrogen) atoms. The van der Waals surface area contributed by atoms with Crippen molar-refractivity contribution in [3.8, 4) is 5.75 Å². The first-order chi connectivity index (χ1) is 13.4. The second kappa shape index (κ2) is 6.49. The molecule has 2 aromatic heterocycles. The molecule has 142 valence electrons. The molecule has 0 spiro atoms. The van der Waals surface area contributed by atoms with E-state index in [0.717, 1.165) is 5.56 Å². The van der Waals surface area contributed by atoms with Crippen LogP contribution in [0.15, 0.2) is 53.6 Å². The van der Waals surface area contributed by atoms with Crippen molar-refractivity contribution in [2.75, 3.05) is 0 Å². The van der Waals surface area contributed by atoms with Gasteiger partial charge < -0.3 is 20.1 Å². The van der Waals surface area contributed by atoms with E-state index in [0.29, 0.717) is 19.4 Å². The Morgan fingerprint density at radius 1 is 1.14 bits per heavy atom. The Bertz CT molecular complexity index is 1150. The van der Waals surface area contributed by atoms with Crippen molar-refractivity contribution >= 4 is 22.6 Å². The standard InChI is InChI=1S/C20H17N3O5/c24-16-13-6-9-23(11-12-4-2-1-3-5-12)18(26)14(13)10-21-15(16)17(25)22-20(7-8-20)19(27)28/h1-6,9-10,24H,7-8,11H2,(H,22,25)(H,27,28). The summed E-state index contributed by atoms with van der Waals surface area (Å²) in [6.07, 6.45) is 3.42. The van der Waals surface area contributed by atoms with Crippen molar-refractivity contribution < 1.29 is 19.8 Å². The van der Waals surface area contributed by atoms with E-state index in [9.17, 15) is 24.6 Å². The largest absolute Gasteiger partial charge is 0.505 e. The number of aliphatic carboxylic acids is 1. The van der Waals surface area contributed by atoms with E-state index in [1.807, 2.05) is 30.3 Å². The first-order valence-corrected chi connectivity index (χ1v) is 8.72. The number of nitrogens with zero attached hydrogens (tertiary/aromatic N) is 2. The maximum atomic E-state index is 12.7. The number of carbonyl (C=O) groups is 2. The third-order valence-corrected chi connectivity index (χ3v) is 4.93. The van der Waals surface area contributed by atoms with Crippen molar-refractivity contribution in [1.29, 1.82) is 0 Å². The van der Waals surface area contributed by atoms with Gasteiger partial charge in [-0.1, -0.05) is 30.3 Å². The molecule has 1 fully saturated rings. The van der Waals surface area contributed by atoms with Crippen LogP contribution in [0.4, 0.5) is 0 Å². The topological polar surface area (TPSA) is 122 Å². The number of hydrogen-bond acceptors (Lipinski definition) is 5. The van der Waals surface area contributed by atoms with Gasteiger partial charge in [0.1, 0.15) is 5.54 Å². The third-order valence-electron chi connectivity index (χ3n) is 4.93. The molecule has 1 aromatic carbocycles. The van der Waals surface area contributed by atoms with Crippen LogP contribution in [0.3, 0.4) is 0 Å². The number of fused-ring (bicyclic) bond motifs is 1. The Hall–Kier alpha value is -3.68. The summed E-state index contributed by atoms with van der Waals surface area (Å²) >= 11 is 0. The predicted molar refractivity (Wildman–Crippen MR) is 100 cm³/mol. The van der Waals surface area contributed by atoms with Crippen LogP contribution in [0.5, 0.6) is 5.75 Å². The van der Waals surface area contributed by atoms with Gasteiger partial charge in [0.15, 0.2) is 11.4 Å². The molecular weight excluding hydrogens is 362 g/mol. The van der Waals surface area contributed by atoms with Crippen LogP contribution in [0.25, 0.3) is 10.8 Å². The number of aromatic hydroxyl groups is 1. The van der Waals surface area contributed by atoms with E-state index in [4.69, 9.17) is 0 Å². The third kappa shape index (κ3) is 2.98. The summed E-state index contributed by atoms with van der Waals surface area (Å²) in [7, 11) is 0. The van der Waals surface area contributed by atoms with Crippen LogP contribution in [0.2, 0.25) is 0 Å². The number of aromatic nitrogens is 2. The monoisotopic (exact) mass is 379 g/mol. The van der Waals surface area contributed by atoms with Gasteiger partial charge in [0.2, 0.25) is 0 Å². The van der Waals surface area contributed by atoms with Gasteiger partial charge >= 0.3 is 5.97 Å². The molecule has 3 aromatic rings. The number of pyridine rings is 2. The van der Waals surface area contributed by atoms with Crippen LogP contribution in [-0.4, -0.2) is 37.2 Å². The van der Waals surface area contributed by atoms with Gasteiger partial charge in [-0.25, -0.2) is 9.78 Å². The Morgan fingerprint density at radius 2 is 1.86 bits per heavy atom. The predicted octanol–water partition coefficient (Wildman–Crippen LogP) is 1.50. The zero-order chi connectivity index (χ0) is 19.9. The highest BCUT2D eigenvalue weighted by atomic mass is 16.4. The van der Waals surface area contributed by atoms with Gasteiger partial charge in [-0.05, 0) is 24.5 Å². The second-order valence-electron chi connectivity index (χ2n) is 6.86. The quantitative estimate of drug-likeness (QED) is 0.618. The van der Waals surface area contributed by atoms with Gasteiger partial charge in [0.25, 0.3) is 11.5 Å². The summed E-state index contributed by atoms with van der Waals surface area (Å²) in [6, 6.07) is 11.0. The lowest BCUT2D eigenvalue weighted by molar-refractivity contribution is -0.140. The Morgan fingerprint density at radius 3 is 2.50 bits per heavy atom. The highest BCUT2D eigenvalue weighted by molar-refractivity contribution is 6.03. The van der Waals surface area contributed by atoms with Gasteiger partial charge in [-0.2, -0.15) is 0 Å². The molecular formula is C20H17N3O5. The molecule has 1 aliphatic carbocycles. The van der Waals surface area contributed by atoms with Crippen molar-refractivity contribution in [1.82, 2.24) is 14.9 Å². The van der Waals surface area contributed by atoms with Gasteiger partial charge in [-0.3, -0.25) is 9.59 Å². The molecule has 8 heteroatoms. The minimum atomic E-state index is -1.29. The van der Waals surface area contributed by atoms with E-state index in [1.165, 1.54) is 16.8 Å². The van der Waals surface area contributed by atoms with Crippen LogP contribution >= 0.6 is 0 Å². The van der Waals surface area contributed by atoms with E-state index >= 15 is 0 Å². The molecule has 2 heterocycles. The lowest BCUT2D eigenvalue weighted by Gasteiger charge is -2.13. The molecule has 4 rings (SSSR count). The first kappa shape index (κ1) is 17.7. The Balaban J connectivity index is 1.68. The van der Waals surface area contributed by atoms with Crippen LogP contribution in [0.1, 0.15) is 28.9 Å². The minimum Gasteiger partial charge on any atom is -0.505 e. The number of hydrogen-bond donors (Lipinski definition) is 3. The number of nitrogens with one attached hydrogen (secondary N) is 1. The number of benzene rings is 1. The van der Waals surface area contributed by atoms with E-state index in [-0.39, 0.29) is 22.0 Å². The van der Waals surface area contributed by atoms with E-state index in [1.54, 1.807) is 6.20 Å². The maximum absolute atomic E-state index is 12.7. The summed E-state index contributed by atoms with van der Waals surface area (Å²) in [4.78, 5) is 40.3. The summed E-state index contributed by atoms with van der Waals surface area (Å²) in [5.41, 5.74) is -1.000. The van der Waals surface area contributed by atoms with Crippen molar-refractivity contribution in [2.24, 2.45) is 0 Å². The molecule has 0 aliphatic heterocycles. The van der Waals surface area contributed by atoms with Crippen molar-refractivity contribution in [2.45, 2.75) is 24.9 Å². The number of carboxylic acids is 1. The van der Waals surface area contributed by atoms with E-state index < -0.39 is 23.2 Å². The van der Waals surface area contributed by atoms with Crippen LogP contribution in [-0.2, 0) is 11.3 Å². The zero-order valence-electron chi connectivity index (χ0n) is 14.8. The molecule has 0 atom stereocenters. The maximum Gasteiger partial charge on any atom is 0.329 e. The molecule has 0 saturated heterocycles. The molecule has 1 aliphatic rings. The molecule has 1 saturated carbocycles. The fourth-order valence-electron chi connectivity index (χ4n) is 3.11. The molecule has 8 nitrogen and oxygen atoms in total. The number of carboxylic acid groups (broad SMARTS) is 1. The fourth-order valence-corrected chi connectivity index (χ4v) is 3.11. The van der Waals surface area contributed by atoms with Crippen LogP contribution in [0, 0.1) is 0 Å². The lowest BCUT2D eigenvalue weighted by Crippen LogP contribution is -2.43. The Labute approximate surface area is 159 Å². The summed E-state index contributed by atoms with van der Waals surface area (Å²) < 4.78 is 1.49. The van der Waals surface area contributed by atoms with Gasteiger partial charge in [0, 0.05) is 17.8 Å². The Kier molecular flexibility index (Phi) is 4.11. The fraction of sp³-hybridized carbons (Fsp3) is 0.200. The first-order valence-electron chi connectivity index (χ1n) is 8.72. The highest BCUT2D eigenvalue weighted by Gasteiger charge is 2.52. The minimum absolute atomic E-state index is 0.173. The average molecular weight is 379 g/mol. The van der Waals surface area contributed by atoms with Crippen LogP contribution < -0.4 is 10.9 Å². The van der Waals surface area contributed by atoms with E-state index in [2.05, 4.69) is 10.3 Å². The molecule has 0 unspecified atom stereocenters. The molecule has 0 radical (unpaired) electrons. The lowest BCUT2D eigenvalue weighted by atomic mass is 10.1. The highest BCUT2D eigenvalue weighted by Crippen LogP contribution is 2.36. The smallest absolute Gasteiger partial charge is 0.329 e.